The monoisotopic (exact) mass is 338 g/mol. The topological polar surface area (TPSA) is 66.5 Å². The highest BCUT2D eigenvalue weighted by atomic mass is 32.2. The van der Waals surface area contributed by atoms with Gasteiger partial charge in [-0.2, -0.15) is 0 Å². The second-order valence-corrected chi connectivity index (χ2v) is 8.56. The van der Waals surface area contributed by atoms with Crippen LogP contribution in [0.5, 0.6) is 0 Å². The fourth-order valence-electron chi connectivity index (χ4n) is 2.93. The van der Waals surface area contributed by atoms with Crippen molar-refractivity contribution in [2.24, 2.45) is 5.92 Å². The highest BCUT2D eigenvalue weighted by Crippen LogP contribution is 2.26. The summed E-state index contributed by atoms with van der Waals surface area (Å²) in [6, 6.07) is 7.83. The maximum atomic E-state index is 12.5. The number of nitrogens with one attached hydrogen (secondary N) is 1. The van der Waals surface area contributed by atoms with Gasteiger partial charge in [-0.05, 0) is 37.3 Å². The lowest BCUT2D eigenvalue weighted by atomic mass is 9.96. The highest BCUT2D eigenvalue weighted by molar-refractivity contribution is 7.89. The molecule has 1 N–H and O–H groups in total. The van der Waals surface area contributed by atoms with E-state index in [0.717, 1.165) is 11.3 Å². The van der Waals surface area contributed by atoms with Crippen LogP contribution in [0.1, 0.15) is 45.1 Å². The summed E-state index contributed by atoms with van der Waals surface area (Å²) in [5.74, 6) is 0.319. The lowest BCUT2D eigenvalue weighted by molar-refractivity contribution is -0.120. The predicted octanol–water partition coefficient (Wildman–Crippen LogP) is 2.81. The van der Waals surface area contributed by atoms with Gasteiger partial charge in [-0.3, -0.25) is 4.79 Å². The Kier molecular flexibility index (Phi) is 5.81. The number of hydrogen-bond donors (Lipinski definition) is 1. The number of piperidine rings is 1. The van der Waals surface area contributed by atoms with Crippen molar-refractivity contribution in [3.63, 3.8) is 0 Å². The maximum absolute atomic E-state index is 12.5. The first-order valence-corrected chi connectivity index (χ1v) is 9.83. The van der Waals surface area contributed by atoms with E-state index < -0.39 is 10.0 Å². The van der Waals surface area contributed by atoms with Gasteiger partial charge in [0.1, 0.15) is 0 Å². The van der Waals surface area contributed by atoms with Gasteiger partial charge >= 0.3 is 0 Å². The Morgan fingerprint density at radius 1 is 1.26 bits per heavy atom. The number of anilines is 1. The van der Waals surface area contributed by atoms with Crippen LogP contribution in [-0.2, 0) is 14.8 Å². The molecule has 1 aliphatic heterocycles. The molecule has 1 aromatic rings. The Morgan fingerprint density at radius 3 is 2.43 bits per heavy atom. The average Bonchev–Trinajstić information content (AvgIpc) is 2.55. The van der Waals surface area contributed by atoms with Gasteiger partial charge < -0.3 is 5.32 Å². The number of benzene rings is 1. The molecule has 128 valence electrons. The Morgan fingerprint density at radius 2 is 1.87 bits per heavy atom. The number of carbonyl (C=O) groups is 1. The van der Waals surface area contributed by atoms with Gasteiger partial charge in [-0.1, -0.05) is 32.0 Å². The minimum absolute atomic E-state index is 0.00773. The minimum Gasteiger partial charge on any atom is -0.326 e. The smallest absolute Gasteiger partial charge is 0.227 e. The molecular weight excluding hydrogens is 312 g/mol. The molecule has 1 amide bonds. The Bertz CT molecular complexity index is 648. The molecule has 1 aromatic carbocycles. The molecule has 6 heteroatoms. The molecule has 0 saturated carbocycles. The van der Waals surface area contributed by atoms with Gasteiger partial charge in [0, 0.05) is 24.7 Å². The van der Waals surface area contributed by atoms with Crippen molar-refractivity contribution in [1.82, 2.24) is 4.31 Å². The van der Waals surface area contributed by atoms with E-state index in [1.54, 1.807) is 6.92 Å². The number of amides is 1. The zero-order valence-corrected chi connectivity index (χ0v) is 14.9. The zero-order valence-electron chi connectivity index (χ0n) is 14.1. The molecule has 0 unspecified atom stereocenters. The summed E-state index contributed by atoms with van der Waals surface area (Å²) in [6.07, 6.45) is 1.16. The lowest BCUT2D eigenvalue weighted by Crippen LogP contribution is -2.42. The van der Waals surface area contributed by atoms with Crippen LogP contribution in [0, 0.1) is 5.92 Å². The van der Waals surface area contributed by atoms with Crippen molar-refractivity contribution in [3.05, 3.63) is 29.8 Å². The fourth-order valence-corrected chi connectivity index (χ4v) is 4.06. The van der Waals surface area contributed by atoms with Crippen LogP contribution in [0.15, 0.2) is 24.3 Å². The molecule has 5 nitrogen and oxygen atoms in total. The number of rotatable bonds is 5. The van der Waals surface area contributed by atoms with E-state index in [1.807, 2.05) is 24.3 Å². The van der Waals surface area contributed by atoms with Gasteiger partial charge in [0.25, 0.3) is 0 Å². The van der Waals surface area contributed by atoms with Crippen LogP contribution in [-0.4, -0.2) is 37.5 Å². The standard InChI is InChI=1S/C17H26N2O3S/c1-4-23(21,22)19-11-9-14(10-12-19)17(20)18-16-8-6-5-7-15(16)13(2)3/h5-8,13-14H,4,9-12H2,1-3H3,(H,18,20). The van der Waals surface area contributed by atoms with E-state index in [1.165, 1.54) is 4.31 Å². The normalized spacial score (nSPS) is 17.4. The van der Waals surface area contributed by atoms with Crippen LogP contribution < -0.4 is 5.32 Å². The third kappa shape index (κ3) is 4.32. The van der Waals surface area contributed by atoms with E-state index in [2.05, 4.69) is 19.2 Å². The SMILES string of the molecule is CCS(=O)(=O)N1CCC(C(=O)Nc2ccccc2C(C)C)CC1. The summed E-state index contributed by atoms with van der Waals surface area (Å²) in [6.45, 7) is 6.70. The third-order valence-corrected chi connectivity index (χ3v) is 6.31. The summed E-state index contributed by atoms with van der Waals surface area (Å²) < 4.78 is 25.2. The van der Waals surface area contributed by atoms with Gasteiger partial charge in [0.15, 0.2) is 0 Å². The van der Waals surface area contributed by atoms with Crippen molar-refractivity contribution in [2.75, 3.05) is 24.2 Å². The number of para-hydroxylation sites is 1. The average molecular weight is 338 g/mol. The summed E-state index contributed by atoms with van der Waals surface area (Å²) in [5, 5.41) is 3.02. The molecule has 0 bridgehead atoms. The van der Waals surface area contributed by atoms with Crippen molar-refractivity contribution >= 4 is 21.6 Å². The van der Waals surface area contributed by atoms with E-state index in [-0.39, 0.29) is 17.6 Å². The summed E-state index contributed by atoms with van der Waals surface area (Å²) >= 11 is 0. The molecule has 23 heavy (non-hydrogen) atoms. The zero-order chi connectivity index (χ0) is 17.0. The maximum Gasteiger partial charge on any atom is 0.227 e. The third-order valence-electron chi connectivity index (χ3n) is 4.42. The predicted molar refractivity (Wildman–Crippen MR) is 92.9 cm³/mol. The van der Waals surface area contributed by atoms with Crippen LogP contribution in [0.25, 0.3) is 0 Å². The number of nitrogens with zero attached hydrogens (tertiary/aromatic N) is 1. The van der Waals surface area contributed by atoms with Gasteiger partial charge in [-0.25, -0.2) is 12.7 Å². The Labute approximate surface area is 139 Å². The Hall–Kier alpha value is -1.40. The number of hydrogen-bond acceptors (Lipinski definition) is 3. The van der Waals surface area contributed by atoms with Gasteiger partial charge in [0.05, 0.1) is 5.75 Å². The molecule has 0 aromatic heterocycles. The van der Waals surface area contributed by atoms with E-state index in [0.29, 0.717) is 31.8 Å². The lowest BCUT2D eigenvalue weighted by Gasteiger charge is -2.30. The van der Waals surface area contributed by atoms with E-state index in [9.17, 15) is 13.2 Å². The molecule has 0 spiro atoms. The molecule has 2 rings (SSSR count). The second-order valence-electron chi connectivity index (χ2n) is 6.31. The molecule has 1 aliphatic rings. The summed E-state index contributed by atoms with van der Waals surface area (Å²) in [7, 11) is -3.15. The minimum atomic E-state index is -3.15. The van der Waals surface area contributed by atoms with Crippen molar-refractivity contribution < 1.29 is 13.2 Å². The van der Waals surface area contributed by atoms with Crippen LogP contribution >= 0.6 is 0 Å². The molecule has 1 fully saturated rings. The highest BCUT2D eigenvalue weighted by Gasteiger charge is 2.30. The molecule has 1 heterocycles. The Balaban J connectivity index is 1.99. The molecule has 0 atom stereocenters. The number of carbonyl (C=O) groups excluding carboxylic acids is 1. The van der Waals surface area contributed by atoms with Crippen LogP contribution in [0.2, 0.25) is 0 Å². The first-order chi connectivity index (χ1) is 10.8. The number of sulfonamides is 1. The quantitative estimate of drug-likeness (QED) is 0.898. The summed E-state index contributed by atoms with van der Waals surface area (Å²) in [5.41, 5.74) is 1.97. The van der Waals surface area contributed by atoms with E-state index in [4.69, 9.17) is 0 Å². The van der Waals surface area contributed by atoms with Gasteiger partial charge in [0.2, 0.25) is 15.9 Å². The van der Waals surface area contributed by atoms with Crippen molar-refractivity contribution in [1.29, 1.82) is 0 Å². The molecular formula is C17H26N2O3S. The van der Waals surface area contributed by atoms with Gasteiger partial charge in [-0.15, -0.1) is 0 Å². The first-order valence-electron chi connectivity index (χ1n) is 8.22. The first kappa shape index (κ1) is 17.9. The summed E-state index contributed by atoms with van der Waals surface area (Å²) in [4.78, 5) is 12.5. The van der Waals surface area contributed by atoms with Crippen LogP contribution in [0.4, 0.5) is 5.69 Å². The molecule has 1 saturated heterocycles. The second kappa shape index (κ2) is 7.45. The molecule has 0 aliphatic carbocycles. The van der Waals surface area contributed by atoms with Crippen LogP contribution in [0.3, 0.4) is 0 Å². The van der Waals surface area contributed by atoms with Crippen molar-refractivity contribution in [2.45, 2.75) is 39.5 Å². The fraction of sp³-hybridized carbons (Fsp3) is 0.588. The van der Waals surface area contributed by atoms with Crippen molar-refractivity contribution in [3.8, 4) is 0 Å². The molecule has 0 radical (unpaired) electrons. The largest absolute Gasteiger partial charge is 0.326 e. The van der Waals surface area contributed by atoms with E-state index >= 15 is 0 Å².